The highest BCUT2D eigenvalue weighted by atomic mass is 16.2. The van der Waals surface area contributed by atoms with Crippen LogP contribution in [0.2, 0.25) is 0 Å². The third-order valence-electron chi connectivity index (χ3n) is 4.85. The fourth-order valence-electron chi connectivity index (χ4n) is 3.27. The van der Waals surface area contributed by atoms with E-state index in [2.05, 4.69) is 18.2 Å². The Morgan fingerprint density at radius 3 is 2.50 bits per heavy atom. The molecule has 2 aliphatic carbocycles. The van der Waals surface area contributed by atoms with E-state index in [0.717, 1.165) is 24.9 Å². The molecule has 0 heterocycles. The smallest absolute Gasteiger partial charge is 0.247 e. The Bertz CT molecular complexity index is 581. The van der Waals surface area contributed by atoms with Crippen LogP contribution in [0, 0.1) is 16.7 Å². The molecule has 0 N–H and O–H groups in total. The first-order chi connectivity index (χ1) is 9.66. The number of hydrogen-bond donors (Lipinski definition) is 0. The Morgan fingerprint density at radius 1 is 1.20 bits per heavy atom. The first-order valence-electron chi connectivity index (χ1n) is 7.47. The van der Waals surface area contributed by atoms with Crippen LogP contribution in [0.3, 0.4) is 0 Å². The number of hydrogen-bond acceptors (Lipinski definition) is 2. The highest BCUT2D eigenvalue weighted by molar-refractivity contribution is 5.99. The average molecular weight is 268 g/mol. The minimum absolute atomic E-state index is 0.0398. The first-order valence-corrected chi connectivity index (χ1v) is 7.47. The molecule has 104 valence electrons. The molecular formula is C17H20N2O. The molecule has 0 aliphatic heterocycles. The van der Waals surface area contributed by atoms with E-state index in [9.17, 15) is 10.1 Å². The maximum absolute atomic E-state index is 12.6. The monoisotopic (exact) mass is 268 g/mol. The van der Waals surface area contributed by atoms with Crippen molar-refractivity contribution in [1.82, 2.24) is 0 Å². The highest BCUT2D eigenvalue weighted by Crippen LogP contribution is 2.42. The van der Waals surface area contributed by atoms with E-state index in [4.69, 9.17) is 0 Å². The van der Waals surface area contributed by atoms with Crippen LogP contribution in [0.4, 0.5) is 5.69 Å². The molecule has 3 nitrogen and oxygen atoms in total. The number of rotatable bonds is 2. The van der Waals surface area contributed by atoms with Gasteiger partial charge in [-0.25, -0.2) is 0 Å². The van der Waals surface area contributed by atoms with Gasteiger partial charge in [0, 0.05) is 12.7 Å². The predicted molar refractivity (Wildman–Crippen MR) is 78.4 cm³/mol. The van der Waals surface area contributed by atoms with Gasteiger partial charge in [0.1, 0.15) is 5.41 Å². The van der Waals surface area contributed by atoms with Gasteiger partial charge in [-0.15, -0.1) is 0 Å². The Kier molecular flexibility index (Phi) is 3.25. The van der Waals surface area contributed by atoms with Gasteiger partial charge in [0.25, 0.3) is 0 Å². The molecular weight excluding hydrogens is 248 g/mol. The van der Waals surface area contributed by atoms with Gasteiger partial charge in [-0.2, -0.15) is 5.26 Å². The Balaban J connectivity index is 1.85. The van der Waals surface area contributed by atoms with Crippen LogP contribution in [0.15, 0.2) is 18.2 Å². The van der Waals surface area contributed by atoms with Gasteiger partial charge < -0.3 is 4.90 Å². The highest BCUT2D eigenvalue weighted by Gasteiger charge is 2.46. The Morgan fingerprint density at radius 2 is 1.90 bits per heavy atom. The number of fused-ring (bicyclic) bond motifs is 1. The van der Waals surface area contributed by atoms with Crippen molar-refractivity contribution in [1.29, 1.82) is 5.26 Å². The average Bonchev–Trinajstić information content (AvgIpc) is 2.45. The summed E-state index contributed by atoms with van der Waals surface area (Å²) in [5.41, 5.74) is 2.95. The SMILES string of the molecule is CN(C(=O)C1(C#N)CCC1)c1ccc2c(c1)CCCC2. The minimum Gasteiger partial charge on any atom is -0.314 e. The van der Waals surface area contributed by atoms with Crippen LogP contribution in [0.5, 0.6) is 0 Å². The number of benzene rings is 1. The fraction of sp³-hybridized carbons (Fsp3) is 0.529. The summed E-state index contributed by atoms with van der Waals surface area (Å²) < 4.78 is 0. The maximum Gasteiger partial charge on any atom is 0.247 e. The van der Waals surface area contributed by atoms with E-state index in [1.807, 2.05) is 6.07 Å². The van der Waals surface area contributed by atoms with Gasteiger partial charge in [-0.1, -0.05) is 6.07 Å². The molecule has 20 heavy (non-hydrogen) atoms. The maximum atomic E-state index is 12.6. The molecule has 1 fully saturated rings. The molecule has 3 heteroatoms. The molecule has 0 saturated heterocycles. The zero-order valence-corrected chi connectivity index (χ0v) is 12.0. The molecule has 1 aromatic carbocycles. The van der Waals surface area contributed by atoms with Crippen molar-refractivity contribution in [3.8, 4) is 6.07 Å². The predicted octanol–water partition coefficient (Wildman–Crippen LogP) is 3.22. The summed E-state index contributed by atoms with van der Waals surface area (Å²) in [6, 6.07) is 8.54. The lowest BCUT2D eigenvalue weighted by Crippen LogP contribution is -2.45. The van der Waals surface area contributed by atoms with Crippen LogP contribution in [-0.2, 0) is 17.6 Å². The fourth-order valence-corrected chi connectivity index (χ4v) is 3.27. The summed E-state index contributed by atoms with van der Waals surface area (Å²) in [7, 11) is 1.80. The number of aryl methyl sites for hydroxylation is 2. The standard InChI is InChI=1S/C17H20N2O/c1-19(16(20)17(12-18)9-4-10-17)15-8-7-13-5-2-3-6-14(13)11-15/h7-8,11H,2-6,9-10H2,1H3. The molecule has 0 spiro atoms. The van der Waals surface area contributed by atoms with Gasteiger partial charge in [-0.05, 0) is 68.2 Å². The van der Waals surface area contributed by atoms with E-state index in [-0.39, 0.29) is 5.91 Å². The normalized spacial score (nSPS) is 19.4. The first kappa shape index (κ1) is 13.2. The Hall–Kier alpha value is -1.82. The van der Waals surface area contributed by atoms with Crippen molar-refractivity contribution >= 4 is 11.6 Å². The largest absolute Gasteiger partial charge is 0.314 e. The van der Waals surface area contributed by atoms with E-state index in [1.54, 1.807) is 11.9 Å². The summed E-state index contributed by atoms with van der Waals surface area (Å²) >= 11 is 0. The zero-order valence-electron chi connectivity index (χ0n) is 12.0. The molecule has 0 unspecified atom stereocenters. The molecule has 0 radical (unpaired) electrons. The van der Waals surface area contributed by atoms with Crippen molar-refractivity contribution in [2.75, 3.05) is 11.9 Å². The van der Waals surface area contributed by atoms with Crippen LogP contribution < -0.4 is 4.90 Å². The van der Waals surface area contributed by atoms with E-state index >= 15 is 0 Å². The van der Waals surface area contributed by atoms with Crippen LogP contribution in [0.1, 0.15) is 43.2 Å². The molecule has 2 aliphatic rings. The van der Waals surface area contributed by atoms with Gasteiger partial charge in [0.2, 0.25) is 5.91 Å². The molecule has 1 saturated carbocycles. The van der Waals surface area contributed by atoms with Gasteiger partial charge in [-0.3, -0.25) is 4.79 Å². The lowest BCUT2D eigenvalue weighted by Gasteiger charge is -2.37. The van der Waals surface area contributed by atoms with Crippen molar-refractivity contribution in [3.05, 3.63) is 29.3 Å². The second-order valence-electron chi connectivity index (χ2n) is 6.07. The number of carbonyl (C=O) groups excluding carboxylic acids is 1. The number of amides is 1. The van der Waals surface area contributed by atoms with Crippen LogP contribution in [-0.4, -0.2) is 13.0 Å². The third kappa shape index (κ3) is 2.00. The summed E-state index contributed by atoms with van der Waals surface area (Å²) in [6.45, 7) is 0. The van der Waals surface area contributed by atoms with E-state index < -0.39 is 5.41 Å². The zero-order chi connectivity index (χ0) is 14.2. The number of carbonyl (C=O) groups is 1. The van der Waals surface area contributed by atoms with E-state index in [0.29, 0.717) is 12.8 Å². The molecule has 1 aromatic rings. The van der Waals surface area contributed by atoms with Crippen molar-refractivity contribution in [2.45, 2.75) is 44.9 Å². The summed E-state index contributed by atoms with van der Waals surface area (Å²) in [5, 5.41) is 9.30. The van der Waals surface area contributed by atoms with Gasteiger partial charge in [0.05, 0.1) is 6.07 Å². The van der Waals surface area contributed by atoms with Crippen molar-refractivity contribution < 1.29 is 4.79 Å². The second kappa shape index (κ2) is 4.94. The summed E-state index contributed by atoms with van der Waals surface area (Å²) in [6.07, 6.45) is 7.14. The number of nitrogens with zero attached hydrogens (tertiary/aromatic N) is 2. The molecule has 0 aromatic heterocycles. The number of nitriles is 1. The van der Waals surface area contributed by atoms with Crippen LogP contribution in [0.25, 0.3) is 0 Å². The van der Waals surface area contributed by atoms with Crippen LogP contribution >= 0.6 is 0 Å². The lowest BCUT2D eigenvalue weighted by atomic mass is 9.69. The topological polar surface area (TPSA) is 44.1 Å². The number of anilines is 1. The molecule has 0 atom stereocenters. The lowest BCUT2D eigenvalue weighted by molar-refractivity contribution is -0.128. The molecule has 3 rings (SSSR count). The summed E-state index contributed by atoms with van der Waals surface area (Å²) in [5.74, 6) is -0.0398. The van der Waals surface area contributed by atoms with Crippen molar-refractivity contribution in [2.24, 2.45) is 5.41 Å². The second-order valence-corrected chi connectivity index (χ2v) is 6.07. The summed E-state index contributed by atoms with van der Waals surface area (Å²) in [4.78, 5) is 14.2. The van der Waals surface area contributed by atoms with Gasteiger partial charge >= 0.3 is 0 Å². The molecule has 1 amide bonds. The van der Waals surface area contributed by atoms with Gasteiger partial charge in [0.15, 0.2) is 0 Å². The van der Waals surface area contributed by atoms with E-state index in [1.165, 1.54) is 24.0 Å². The molecule has 0 bridgehead atoms. The minimum atomic E-state index is -0.759. The Labute approximate surface area is 120 Å². The quantitative estimate of drug-likeness (QED) is 0.826. The van der Waals surface area contributed by atoms with Crippen molar-refractivity contribution in [3.63, 3.8) is 0 Å². The third-order valence-corrected chi connectivity index (χ3v) is 4.85.